The van der Waals surface area contributed by atoms with Gasteiger partial charge in [0.25, 0.3) is 0 Å². The molecule has 8 heteroatoms. The van der Waals surface area contributed by atoms with Crippen LogP contribution >= 0.6 is 0 Å². The second kappa shape index (κ2) is 12.9. The Labute approximate surface area is 216 Å². The van der Waals surface area contributed by atoms with Crippen LogP contribution in [0.4, 0.5) is 5.69 Å². The molecule has 1 atom stereocenters. The van der Waals surface area contributed by atoms with Gasteiger partial charge < -0.3 is 10.2 Å². The molecule has 0 aliphatic heterocycles. The fraction of sp³-hybridized carbons (Fsp3) is 0.500. The molecule has 0 spiro atoms. The van der Waals surface area contributed by atoms with E-state index in [0.29, 0.717) is 24.6 Å². The highest BCUT2D eigenvalue weighted by Crippen LogP contribution is 2.23. The zero-order valence-corrected chi connectivity index (χ0v) is 23.4. The summed E-state index contributed by atoms with van der Waals surface area (Å²) in [5, 5.41) is 2.94. The predicted molar refractivity (Wildman–Crippen MR) is 146 cm³/mol. The smallest absolute Gasteiger partial charge is 0.244 e. The van der Waals surface area contributed by atoms with Crippen LogP contribution < -0.4 is 9.62 Å². The summed E-state index contributed by atoms with van der Waals surface area (Å²) >= 11 is 0. The number of amides is 2. The Hall–Kier alpha value is -2.87. The number of carbonyl (C=O) groups is 2. The first-order chi connectivity index (χ1) is 16.8. The van der Waals surface area contributed by atoms with Crippen molar-refractivity contribution < 1.29 is 18.0 Å². The van der Waals surface area contributed by atoms with E-state index in [4.69, 9.17) is 0 Å². The van der Waals surface area contributed by atoms with Crippen molar-refractivity contribution in [2.45, 2.75) is 66.5 Å². The highest BCUT2D eigenvalue weighted by atomic mass is 32.2. The molecule has 0 unspecified atom stereocenters. The summed E-state index contributed by atoms with van der Waals surface area (Å²) in [6.07, 6.45) is 1.50. The molecule has 2 aromatic carbocycles. The van der Waals surface area contributed by atoms with Crippen molar-refractivity contribution in [1.82, 2.24) is 10.2 Å². The maximum Gasteiger partial charge on any atom is 0.244 e. The minimum atomic E-state index is -3.75. The van der Waals surface area contributed by atoms with Crippen molar-refractivity contribution in [3.8, 4) is 0 Å². The largest absolute Gasteiger partial charge is 0.354 e. The molecule has 7 nitrogen and oxygen atoms in total. The Morgan fingerprint density at radius 3 is 2.08 bits per heavy atom. The van der Waals surface area contributed by atoms with E-state index in [0.717, 1.165) is 27.3 Å². The Morgan fingerprint density at radius 2 is 1.58 bits per heavy atom. The third kappa shape index (κ3) is 8.08. The molecule has 2 aromatic rings. The van der Waals surface area contributed by atoms with E-state index in [1.54, 1.807) is 12.1 Å². The number of rotatable bonds is 12. The van der Waals surface area contributed by atoms with Gasteiger partial charge in [-0.2, -0.15) is 0 Å². The number of benzene rings is 2. The lowest BCUT2D eigenvalue weighted by atomic mass is 10.0. The maximum absolute atomic E-state index is 13.7. The Bertz CT molecular complexity index is 1130. The van der Waals surface area contributed by atoms with Crippen molar-refractivity contribution in [3.63, 3.8) is 0 Å². The van der Waals surface area contributed by atoms with Crippen LogP contribution in [0.25, 0.3) is 0 Å². The summed E-state index contributed by atoms with van der Waals surface area (Å²) < 4.78 is 26.6. The van der Waals surface area contributed by atoms with Crippen molar-refractivity contribution in [2.24, 2.45) is 5.92 Å². The monoisotopic (exact) mass is 515 g/mol. The summed E-state index contributed by atoms with van der Waals surface area (Å²) in [7, 11) is -3.75. The van der Waals surface area contributed by atoms with Crippen molar-refractivity contribution >= 4 is 27.5 Å². The summed E-state index contributed by atoms with van der Waals surface area (Å²) in [6, 6.07) is 14.2. The third-order valence-corrected chi connectivity index (χ3v) is 7.34. The SMILES string of the molecule is CC[C@@H](C(=O)NCC(C)C)N(Cc1ccccc1C)C(=O)CN(c1ccc(C(C)C)cc1)S(C)(=O)=O. The van der Waals surface area contributed by atoms with E-state index >= 15 is 0 Å². The molecule has 0 aromatic heterocycles. The molecule has 0 saturated heterocycles. The number of nitrogens with one attached hydrogen (secondary N) is 1. The van der Waals surface area contributed by atoms with Gasteiger partial charge >= 0.3 is 0 Å². The van der Waals surface area contributed by atoms with Crippen molar-refractivity contribution in [2.75, 3.05) is 23.7 Å². The summed E-state index contributed by atoms with van der Waals surface area (Å²) in [4.78, 5) is 28.4. The van der Waals surface area contributed by atoms with Gasteiger partial charge in [-0.1, -0.05) is 71.0 Å². The molecule has 0 saturated carbocycles. The van der Waals surface area contributed by atoms with Crippen LogP contribution in [0.15, 0.2) is 48.5 Å². The molecule has 0 bridgehead atoms. The van der Waals surface area contributed by atoms with Crippen LogP contribution in [0.2, 0.25) is 0 Å². The summed E-state index contributed by atoms with van der Waals surface area (Å²) in [5.74, 6) is -0.100. The Kier molecular flexibility index (Phi) is 10.5. The van der Waals surface area contributed by atoms with Crippen LogP contribution in [0.1, 0.15) is 63.6 Å². The number of carbonyl (C=O) groups excluding carboxylic acids is 2. The van der Waals surface area contributed by atoms with Crippen LogP contribution in [-0.4, -0.2) is 50.5 Å². The van der Waals surface area contributed by atoms with Gasteiger partial charge in [-0.05, 0) is 54.0 Å². The van der Waals surface area contributed by atoms with Crippen LogP contribution in [0, 0.1) is 12.8 Å². The molecule has 36 heavy (non-hydrogen) atoms. The van der Waals surface area contributed by atoms with Gasteiger partial charge in [0.05, 0.1) is 11.9 Å². The number of hydrogen-bond donors (Lipinski definition) is 1. The maximum atomic E-state index is 13.7. The van der Waals surface area contributed by atoms with Crippen molar-refractivity contribution in [3.05, 3.63) is 65.2 Å². The topological polar surface area (TPSA) is 86.8 Å². The standard InChI is InChI=1S/C28H41N3O4S/c1-8-26(28(33)29-17-20(2)3)30(18-24-12-10-9-11-22(24)6)27(32)19-31(36(7,34)35)25-15-13-23(14-16-25)21(4)5/h9-16,20-21,26H,8,17-19H2,1-7H3,(H,29,33)/t26-/m0/s1. The zero-order chi connectivity index (χ0) is 27.0. The van der Waals surface area contributed by atoms with E-state index in [9.17, 15) is 18.0 Å². The van der Waals surface area contributed by atoms with E-state index in [-0.39, 0.29) is 24.9 Å². The van der Waals surface area contributed by atoms with E-state index in [1.807, 2.05) is 64.1 Å². The van der Waals surface area contributed by atoms with Gasteiger partial charge in [-0.15, -0.1) is 0 Å². The van der Waals surface area contributed by atoms with E-state index < -0.39 is 22.0 Å². The molecule has 198 valence electrons. The first kappa shape index (κ1) is 29.4. The third-order valence-electron chi connectivity index (χ3n) is 6.20. The summed E-state index contributed by atoms with van der Waals surface area (Å²) in [6.45, 7) is 12.3. The molecular weight excluding hydrogens is 474 g/mol. The fourth-order valence-corrected chi connectivity index (χ4v) is 4.80. The number of sulfonamides is 1. The van der Waals surface area contributed by atoms with E-state index in [2.05, 4.69) is 19.2 Å². The quantitative estimate of drug-likeness (QED) is 0.452. The minimum absolute atomic E-state index is 0.211. The van der Waals surface area contributed by atoms with Gasteiger partial charge in [-0.3, -0.25) is 13.9 Å². The first-order valence-corrected chi connectivity index (χ1v) is 14.4. The molecule has 0 fully saturated rings. The molecule has 0 radical (unpaired) electrons. The lowest BCUT2D eigenvalue weighted by Crippen LogP contribution is -2.52. The number of aryl methyl sites for hydroxylation is 1. The molecule has 2 amide bonds. The first-order valence-electron chi connectivity index (χ1n) is 12.5. The fourth-order valence-electron chi connectivity index (χ4n) is 3.95. The number of hydrogen-bond acceptors (Lipinski definition) is 4. The normalized spacial score (nSPS) is 12.5. The second-order valence-electron chi connectivity index (χ2n) is 10.0. The average Bonchev–Trinajstić information content (AvgIpc) is 2.81. The minimum Gasteiger partial charge on any atom is -0.354 e. The number of nitrogens with zero attached hydrogens (tertiary/aromatic N) is 2. The van der Waals surface area contributed by atoms with Gasteiger partial charge in [0.15, 0.2) is 0 Å². The predicted octanol–water partition coefficient (Wildman–Crippen LogP) is 4.46. The molecule has 0 aliphatic carbocycles. The van der Waals surface area contributed by atoms with Gasteiger partial charge in [-0.25, -0.2) is 8.42 Å². The molecular formula is C28H41N3O4S. The van der Waals surface area contributed by atoms with Gasteiger partial charge in [0, 0.05) is 13.1 Å². The van der Waals surface area contributed by atoms with Gasteiger partial charge in [0.2, 0.25) is 21.8 Å². The number of anilines is 1. The van der Waals surface area contributed by atoms with Crippen LogP contribution in [0.5, 0.6) is 0 Å². The molecule has 1 N–H and O–H groups in total. The lowest BCUT2D eigenvalue weighted by Gasteiger charge is -2.33. The Balaban J connectivity index is 2.43. The highest BCUT2D eigenvalue weighted by molar-refractivity contribution is 7.92. The second-order valence-corrected chi connectivity index (χ2v) is 11.9. The Morgan fingerprint density at radius 1 is 0.972 bits per heavy atom. The van der Waals surface area contributed by atoms with E-state index in [1.165, 1.54) is 4.90 Å². The highest BCUT2D eigenvalue weighted by Gasteiger charge is 2.32. The molecule has 2 rings (SSSR count). The summed E-state index contributed by atoms with van der Waals surface area (Å²) in [5.41, 5.74) is 3.40. The lowest BCUT2D eigenvalue weighted by molar-refractivity contribution is -0.140. The molecule has 0 heterocycles. The van der Waals surface area contributed by atoms with Gasteiger partial charge in [0.1, 0.15) is 12.6 Å². The van der Waals surface area contributed by atoms with Crippen LogP contribution in [-0.2, 0) is 26.2 Å². The van der Waals surface area contributed by atoms with Crippen LogP contribution in [0.3, 0.4) is 0 Å². The molecule has 0 aliphatic rings. The van der Waals surface area contributed by atoms with Crippen molar-refractivity contribution in [1.29, 1.82) is 0 Å². The average molecular weight is 516 g/mol. The zero-order valence-electron chi connectivity index (χ0n) is 22.6.